The van der Waals surface area contributed by atoms with Gasteiger partial charge < -0.3 is 10.1 Å². The van der Waals surface area contributed by atoms with Crippen molar-refractivity contribution in [2.24, 2.45) is 0 Å². The van der Waals surface area contributed by atoms with E-state index >= 15 is 0 Å². The molecule has 0 fully saturated rings. The van der Waals surface area contributed by atoms with Gasteiger partial charge in [-0.2, -0.15) is 0 Å². The lowest BCUT2D eigenvalue weighted by Crippen LogP contribution is -2.15. The van der Waals surface area contributed by atoms with E-state index in [1.54, 1.807) is 6.07 Å². The van der Waals surface area contributed by atoms with E-state index in [4.69, 9.17) is 4.74 Å². The molecule has 0 radical (unpaired) electrons. The number of nitrogens with one attached hydrogen (secondary N) is 1. The van der Waals surface area contributed by atoms with Gasteiger partial charge in [0.15, 0.2) is 11.6 Å². The van der Waals surface area contributed by atoms with Crippen molar-refractivity contribution in [2.75, 3.05) is 11.9 Å². The Hall–Kier alpha value is -3.10. The van der Waals surface area contributed by atoms with E-state index in [0.29, 0.717) is 16.6 Å². The highest BCUT2D eigenvalue weighted by molar-refractivity contribution is 6.05. The van der Waals surface area contributed by atoms with E-state index in [0.717, 1.165) is 0 Å². The molecule has 3 rings (SSSR count). The summed E-state index contributed by atoms with van der Waals surface area (Å²) in [5.74, 6) is -0.377. The summed E-state index contributed by atoms with van der Waals surface area (Å²) in [7, 11) is 0. The Morgan fingerprint density at radius 1 is 1.26 bits per heavy atom. The first kappa shape index (κ1) is 14.8. The summed E-state index contributed by atoms with van der Waals surface area (Å²) in [6, 6.07) is 7.56. The van der Waals surface area contributed by atoms with E-state index in [9.17, 15) is 13.6 Å². The van der Waals surface area contributed by atoms with Gasteiger partial charge in [-0.3, -0.25) is 4.79 Å². The average Bonchev–Trinajstić information content (AvgIpc) is 3.01. The van der Waals surface area contributed by atoms with Gasteiger partial charge in [-0.05, 0) is 40.6 Å². The van der Waals surface area contributed by atoms with Gasteiger partial charge >= 0.3 is 0 Å². The molecule has 0 unspecified atom stereocenters. The molecule has 1 amide bonds. The van der Waals surface area contributed by atoms with Crippen LogP contribution < -0.4 is 10.1 Å². The lowest BCUT2D eigenvalue weighted by atomic mass is 10.2. The maximum Gasteiger partial charge on any atom is 0.272 e. The van der Waals surface area contributed by atoms with Gasteiger partial charge in [0.1, 0.15) is 17.6 Å². The largest absolute Gasteiger partial charge is 0.484 e. The van der Waals surface area contributed by atoms with Gasteiger partial charge in [-0.1, -0.05) is 0 Å². The van der Waals surface area contributed by atoms with Gasteiger partial charge in [0.25, 0.3) is 12.3 Å². The minimum absolute atomic E-state index is 0.0523. The van der Waals surface area contributed by atoms with Crippen molar-refractivity contribution in [1.82, 2.24) is 15.3 Å². The minimum Gasteiger partial charge on any atom is -0.484 e. The molecule has 0 aliphatic heterocycles. The van der Waals surface area contributed by atoms with E-state index in [-0.39, 0.29) is 11.6 Å². The number of carbonyl (C=O) groups excluding carboxylic acids is 1. The van der Waals surface area contributed by atoms with Gasteiger partial charge in [0, 0.05) is 11.8 Å². The molecule has 0 aliphatic carbocycles. The highest BCUT2D eigenvalue weighted by Crippen LogP contribution is 2.22. The first-order chi connectivity index (χ1) is 11.1. The first-order valence-corrected chi connectivity index (χ1v) is 6.53. The lowest BCUT2D eigenvalue weighted by Gasteiger charge is -2.11. The van der Waals surface area contributed by atoms with Crippen molar-refractivity contribution in [3.63, 3.8) is 0 Å². The molecule has 9 heteroatoms. The minimum atomic E-state index is -2.62. The van der Waals surface area contributed by atoms with Crippen LogP contribution in [0, 0.1) is 0 Å². The molecule has 1 aromatic carbocycles. The number of ether oxygens (including phenoxy) is 1. The highest BCUT2D eigenvalue weighted by Gasteiger charge is 2.14. The van der Waals surface area contributed by atoms with Crippen molar-refractivity contribution < 1.29 is 22.9 Å². The van der Waals surface area contributed by atoms with Crippen LogP contribution >= 0.6 is 0 Å². The fourth-order valence-corrected chi connectivity index (χ4v) is 1.86. The molecular weight excluding hydrogens is 310 g/mol. The van der Waals surface area contributed by atoms with Crippen LogP contribution in [-0.2, 0) is 0 Å². The topological polar surface area (TPSA) is 90.1 Å². The van der Waals surface area contributed by atoms with Crippen LogP contribution in [0.25, 0.3) is 11.0 Å². The van der Waals surface area contributed by atoms with Gasteiger partial charge in [-0.15, -0.1) is 0 Å². The number of anilines is 1. The standard InChI is InChI=1S/C14H10F2N4O3/c15-12(16)7-22-11-2-1-5-17-13(11)18-14(21)8-3-4-9-10(6-8)20-23-19-9/h1-6,12H,7H2,(H,17,18,21). The molecule has 0 spiro atoms. The Morgan fingerprint density at radius 3 is 2.91 bits per heavy atom. The van der Waals surface area contributed by atoms with Gasteiger partial charge in [0.05, 0.1) is 0 Å². The third-order valence-electron chi connectivity index (χ3n) is 2.88. The summed E-state index contributed by atoms with van der Waals surface area (Å²) in [5.41, 5.74) is 1.23. The summed E-state index contributed by atoms with van der Waals surface area (Å²) in [6.45, 7) is -0.787. The number of halogens is 2. The molecule has 3 aromatic rings. The normalized spacial score (nSPS) is 10.9. The van der Waals surface area contributed by atoms with Crippen molar-refractivity contribution >= 4 is 22.8 Å². The number of aromatic nitrogens is 3. The summed E-state index contributed by atoms with van der Waals surface area (Å²) in [6.07, 6.45) is -1.21. The number of alkyl halides is 2. The first-order valence-electron chi connectivity index (χ1n) is 6.53. The fraction of sp³-hybridized carbons (Fsp3) is 0.143. The maximum atomic E-state index is 12.2. The SMILES string of the molecule is O=C(Nc1ncccc1OCC(F)F)c1ccc2nonc2c1. The number of carbonyl (C=O) groups is 1. The number of amides is 1. The van der Waals surface area contributed by atoms with Gasteiger partial charge in [-0.25, -0.2) is 18.4 Å². The zero-order valence-electron chi connectivity index (χ0n) is 11.6. The molecule has 0 saturated carbocycles. The zero-order valence-corrected chi connectivity index (χ0v) is 11.6. The quantitative estimate of drug-likeness (QED) is 0.777. The molecule has 0 bridgehead atoms. The molecule has 118 valence electrons. The van der Waals surface area contributed by atoms with Crippen LogP contribution in [-0.4, -0.2) is 34.2 Å². The predicted octanol–water partition coefficient (Wildman–Crippen LogP) is 2.51. The Bertz CT molecular complexity index is 838. The molecule has 2 aromatic heterocycles. The highest BCUT2D eigenvalue weighted by atomic mass is 19.3. The predicted molar refractivity (Wildman–Crippen MR) is 75.5 cm³/mol. The Morgan fingerprint density at radius 2 is 2.09 bits per heavy atom. The monoisotopic (exact) mass is 320 g/mol. The summed E-state index contributed by atoms with van der Waals surface area (Å²) < 4.78 is 34.0. The van der Waals surface area contributed by atoms with E-state index < -0.39 is 18.9 Å². The smallest absolute Gasteiger partial charge is 0.272 e. The number of rotatable bonds is 5. The molecule has 7 nitrogen and oxygen atoms in total. The summed E-state index contributed by atoms with van der Waals surface area (Å²) >= 11 is 0. The second kappa shape index (κ2) is 6.34. The van der Waals surface area contributed by atoms with Crippen molar-refractivity contribution in [3.05, 3.63) is 42.1 Å². The number of hydrogen-bond acceptors (Lipinski definition) is 6. The molecular formula is C14H10F2N4O3. The molecule has 0 atom stereocenters. The molecule has 0 aliphatic rings. The van der Waals surface area contributed by atoms with Crippen molar-refractivity contribution in [2.45, 2.75) is 6.43 Å². The zero-order chi connectivity index (χ0) is 16.2. The van der Waals surface area contributed by atoms with Crippen LogP contribution in [0.4, 0.5) is 14.6 Å². The molecule has 2 heterocycles. The van der Waals surface area contributed by atoms with Crippen molar-refractivity contribution in [1.29, 1.82) is 0 Å². The molecule has 1 N–H and O–H groups in total. The van der Waals surface area contributed by atoms with E-state index in [2.05, 4.69) is 25.2 Å². The Labute approximate surface area is 128 Å². The summed E-state index contributed by atoms with van der Waals surface area (Å²) in [5, 5.41) is 9.79. The average molecular weight is 320 g/mol. The van der Waals surface area contributed by atoms with Crippen LogP contribution in [0.2, 0.25) is 0 Å². The second-order valence-electron chi connectivity index (χ2n) is 4.47. The van der Waals surface area contributed by atoms with E-state index in [1.165, 1.54) is 30.5 Å². The third-order valence-corrected chi connectivity index (χ3v) is 2.88. The molecule has 0 saturated heterocycles. The summed E-state index contributed by atoms with van der Waals surface area (Å²) in [4.78, 5) is 16.2. The number of hydrogen-bond donors (Lipinski definition) is 1. The number of fused-ring (bicyclic) bond motifs is 1. The van der Waals surface area contributed by atoms with Gasteiger partial charge in [0.2, 0.25) is 0 Å². The Kier molecular flexibility index (Phi) is 4.09. The van der Waals surface area contributed by atoms with Crippen LogP contribution in [0.1, 0.15) is 10.4 Å². The van der Waals surface area contributed by atoms with Crippen molar-refractivity contribution in [3.8, 4) is 5.75 Å². The number of benzene rings is 1. The maximum absolute atomic E-state index is 12.2. The van der Waals surface area contributed by atoms with Crippen LogP contribution in [0.5, 0.6) is 5.75 Å². The fourth-order valence-electron chi connectivity index (χ4n) is 1.86. The Balaban J connectivity index is 1.79. The number of pyridine rings is 1. The van der Waals surface area contributed by atoms with Crippen LogP contribution in [0.15, 0.2) is 41.2 Å². The molecule has 23 heavy (non-hydrogen) atoms. The lowest BCUT2D eigenvalue weighted by molar-refractivity contribution is 0.0820. The van der Waals surface area contributed by atoms with Crippen LogP contribution in [0.3, 0.4) is 0 Å². The second-order valence-corrected chi connectivity index (χ2v) is 4.47. The number of nitrogens with zero attached hydrogens (tertiary/aromatic N) is 3. The third kappa shape index (κ3) is 3.39. The van der Waals surface area contributed by atoms with E-state index in [1.807, 2.05) is 0 Å².